The molecule has 2 nitrogen and oxygen atoms in total. The normalized spacial score (nSPS) is 23.1. The first-order chi connectivity index (χ1) is 7.72. The standard InChI is InChI=1S/C14H18O2/c1-2-3-4-10-5-7-11(8-6-10)12-9-13(12)14(15)16/h5-8,12-13H,2-4,9H2,1H3,(H,15,16)/t12-,13+/m1/s1. The highest BCUT2D eigenvalue weighted by molar-refractivity contribution is 5.75. The van der Waals surface area contributed by atoms with Gasteiger partial charge in [0.25, 0.3) is 0 Å². The van der Waals surface area contributed by atoms with Crippen molar-refractivity contribution >= 4 is 5.97 Å². The van der Waals surface area contributed by atoms with Crippen molar-refractivity contribution in [3.63, 3.8) is 0 Å². The summed E-state index contributed by atoms with van der Waals surface area (Å²) in [7, 11) is 0. The van der Waals surface area contributed by atoms with Crippen molar-refractivity contribution < 1.29 is 9.90 Å². The van der Waals surface area contributed by atoms with Gasteiger partial charge in [-0.2, -0.15) is 0 Å². The van der Waals surface area contributed by atoms with Gasteiger partial charge in [-0.25, -0.2) is 0 Å². The SMILES string of the molecule is CCCCc1ccc([C@H]2C[C@@H]2C(=O)O)cc1. The van der Waals surface area contributed by atoms with Crippen LogP contribution in [0.4, 0.5) is 0 Å². The fraction of sp³-hybridized carbons (Fsp3) is 0.500. The van der Waals surface area contributed by atoms with Crippen molar-refractivity contribution in [3.05, 3.63) is 35.4 Å². The molecule has 2 atom stereocenters. The predicted molar refractivity (Wildman–Crippen MR) is 63.5 cm³/mol. The van der Waals surface area contributed by atoms with Gasteiger partial charge >= 0.3 is 5.97 Å². The number of unbranched alkanes of at least 4 members (excludes halogenated alkanes) is 1. The minimum Gasteiger partial charge on any atom is -0.481 e. The van der Waals surface area contributed by atoms with Crippen LogP contribution in [-0.4, -0.2) is 11.1 Å². The van der Waals surface area contributed by atoms with Crippen LogP contribution < -0.4 is 0 Å². The smallest absolute Gasteiger partial charge is 0.307 e. The largest absolute Gasteiger partial charge is 0.481 e. The molecule has 0 amide bonds. The average Bonchev–Trinajstić information content (AvgIpc) is 3.07. The molecule has 2 heteroatoms. The van der Waals surface area contributed by atoms with Gasteiger partial charge in [0.1, 0.15) is 0 Å². The lowest BCUT2D eigenvalue weighted by molar-refractivity contribution is -0.138. The van der Waals surface area contributed by atoms with Crippen LogP contribution in [0.5, 0.6) is 0 Å². The number of aliphatic carboxylic acids is 1. The molecular formula is C14H18O2. The van der Waals surface area contributed by atoms with Gasteiger partial charge in [0, 0.05) is 0 Å². The zero-order chi connectivity index (χ0) is 11.5. The lowest BCUT2D eigenvalue weighted by Gasteiger charge is -2.02. The zero-order valence-corrected chi connectivity index (χ0v) is 9.65. The van der Waals surface area contributed by atoms with Crippen LogP contribution in [0, 0.1) is 5.92 Å². The Hall–Kier alpha value is -1.31. The monoisotopic (exact) mass is 218 g/mol. The van der Waals surface area contributed by atoms with Gasteiger partial charge in [-0.1, -0.05) is 37.6 Å². The molecule has 1 fully saturated rings. The van der Waals surface area contributed by atoms with Crippen LogP contribution in [0.15, 0.2) is 24.3 Å². The third-order valence-electron chi connectivity index (χ3n) is 3.33. The third kappa shape index (κ3) is 2.43. The molecule has 1 N–H and O–H groups in total. The maximum atomic E-state index is 10.8. The van der Waals surface area contributed by atoms with Crippen molar-refractivity contribution in [3.8, 4) is 0 Å². The fourth-order valence-electron chi connectivity index (χ4n) is 2.15. The first-order valence-corrected chi connectivity index (χ1v) is 6.04. The summed E-state index contributed by atoms with van der Waals surface area (Å²) in [5.41, 5.74) is 2.55. The highest BCUT2D eigenvalue weighted by Gasteiger charge is 2.43. The second kappa shape index (κ2) is 4.69. The molecule has 0 heterocycles. The van der Waals surface area contributed by atoms with Gasteiger partial charge in [0.15, 0.2) is 0 Å². The van der Waals surface area contributed by atoms with E-state index in [2.05, 4.69) is 31.2 Å². The first-order valence-electron chi connectivity index (χ1n) is 6.04. The molecule has 0 radical (unpaired) electrons. The van der Waals surface area contributed by atoms with E-state index in [0.717, 1.165) is 12.8 Å². The van der Waals surface area contributed by atoms with E-state index in [1.807, 2.05) is 0 Å². The molecule has 0 saturated heterocycles. The minimum absolute atomic E-state index is 0.138. The molecular weight excluding hydrogens is 200 g/mol. The summed E-state index contributed by atoms with van der Waals surface area (Å²) in [6, 6.07) is 8.47. The van der Waals surface area contributed by atoms with Gasteiger partial charge in [-0.3, -0.25) is 4.79 Å². The number of carboxylic acid groups (broad SMARTS) is 1. The number of hydrogen-bond donors (Lipinski definition) is 1. The Labute approximate surface area is 96.3 Å². The van der Waals surface area contributed by atoms with Crippen molar-refractivity contribution in [2.45, 2.75) is 38.5 Å². The molecule has 2 rings (SSSR count). The van der Waals surface area contributed by atoms with Gasteiger partial charge in [0.05, 0.1) is 5.92 Å². The lowest BCUT2D eigenvalue weighted by atomic mass is 10.0. The molecule has 0 aliphatic heterocycles. The van der Waals surface area contributed by atoms with Crippen molar-refractivity contribution in [2.75, 3.05) is 0 Å². The number of benzene rings is 1. The van der Waals surface area contributed by atoms with Gasteiger partial charge < -0.3 is 5.11 Å². The Balaban J connectivity index is 1.95. The molecule has 1 saturated carbocycles. The van der Waals surface area contributed by atoms with Crippen LogP contribution >= 0.6 is 0 Å². The van der Waals surface area contributed by atoms with Crippen molar-refractivity contribution in [1.29, 1.82) is 0 Å². The summed E-state index contributed by atoms with van der Waals surface area (Å²) in [5.74, 6) is -0.528. The van der Waals surface area contributed by atoms with Crippen molar-refractivity contribution in [1.82, 2.24) is 0 Å². The summed E-state index contributed by atoms with van der Waals surface area (Å²) in [5, 5.41) is 8.86. The number of hydrogen-bond acceptors (Lipinski definition) is 1. The molecule has 16 heavy (non-hydrogen) atoms. The molecule has 0 spiro atoms. The second-order valence-corrected chi connectivity index (χ2v) is 4.63. The second-order valence-electron chi connectivity index (χ2n) is 4.63. The Bertz CT molecular complexity index is 367. The molecule has 0 aromatic heterocycles. The third-order valence-corrected chi connectivity index (χ3v) is 3.33. The average molecular weight is 218 g/mol. The Kier molecular flexibility index (Phi) is 3.28. The van der Waals surface area contributed by atoms with Gasteiger partial charge in [-0.05, 0) is 36.3 Å². The minimum atomic E-state index is -0.653. The van der Waals surface area contributed by atoms with E-state index in [1.165, 1.54) is 24.0 Å². The summed E-state index contributed by atoms with van der Waals surface area (Å²) >= 11 is 0. The van der Waals surface area contributed by atoms with Crippen LogP contribution in [0.25, 0.3) is 0 Å². The van der Waals surface area contributed by atoms with Gasteiger partial charge in [-0.15, -0.1) is 0 Å². The maximum absolute atomic E-state index is 10.8. The highest BCUT2D eigenvalue weighted by Crippen LogP contribution is 2.47. The van der Waals surface area contributed by atoms with Crippen LogP contribution in [0.3, 0.4) is 0 Å². The van der Waals surface area contributed by atoms with E-state index in [0.29, 0.717) is 0 Å². The molecule has 1 aromatic carbocycles. The van der Waals surface area contributed by atoms with Gasteiger partial charge in [0.2, 0.25) is 0 Å². The van der Waals surface area contributed by atoms with E-state index in [-0.39, 0.29) is 11.8 Å². The molecule has 1 aliphatic rings. The lowest BCUT2D eigenvalue weighted by Crippen LogP contribution is -1.98. The topological polar surface area (TPSA) is 37.3 Å². The number of rotatable bonds is 5. The van der Waals surface area contributed by atoms with E-state index in [9.17, 15) is 4.79 Å². The quantitative estimate of drug-likeness (QED) is 0.824. The van der Waals surface area contributed by atoms with Crippen LogP contribution in [-0.2, 0) is 11.2 Å². The summed E-state index contributed by atoms with van der Waals surface area (Å²) in [4.78, 5) is 10.8. The van der Waals surface area contributed by atoms with E-state index in [1.54, 1.807) is 0 Å². The fourth-order valence-corrected chi connectivity index (χ4v) is 2.15. The Morgan fingerprint density at radius 3 is 2.56 bits per heavy atom. The number of carbonyl (C=O) groups is 1. The maximum Gasteiger partial charge on any atom is 0.307 e. The zero-order valence-electron chi connectivity index (χ0n) is 9.65. The van der Waals surface area contributed by atoms with E-state index >= 15 is 0 Å². The molecule has 0 bridgehead atoms. The Morgan fingerprint density at radius 1 is 1.38 bits per heavy atom. The Morgan fingerprint density at radius 2 is 2.06 bits per heavy atom. The molecule has 0 unspecified atom stereocenters. The molecule has 1 aliphatic carbocycles. The van der Waals surface area contributed by atoms with E-state index in [4.69, 9.17) is 5.11 Å². The number of aryl methyl sites for hydroxylation is 1. The predicted octanol–water partition coefficient (Wildman–Crippen LogP) is 3.22. The number of carboxylic acids is 1. The molecule has 1 aromatic rings. The van der Waals surface area contributed by atoms with Crippen LogP contribution in [0.1, 0.15) is 43.2 Å². The highest BCUT2D eigenvalue weighted by atomic mass is 16.4. The van der Waals surface area contributed by atoms with E-state index < -0.39 is 5.97 Å². The summed E-state index contributed by atoms with van der Waals surface area (Å²) < 4.78 is 0. The summed E-state index contributed by atoms with van der Waals surface area (Å²) in [6.07, 6.45) is 4.37. The van der Waals surface area contributed by atoms with Crippen molar-refractivity contribution in [2.24, 2.45) is 5.92 Å². The summed E-state index contributed by atoms with van der Waals surface area (Å²) in [6.45, 7) is 2.19. The molecule has 86 valence electrons. The van der Waals surface area contributed by atoms with Crippen LogP contribution in [0.2, 0.25) is 0 Å². The first kappa shape index (κ1) is 11.2.